The summed E-state index contributed by atoms with van der Waals surface area (Å²) >= 11 is 5.72. The smallest absolute Gasteiger partial charge is 0.336 e. The average molecular weight is 224 g/mol. The predicted octanol–water partition coefficient (Wildman–Crippen LogP) is 2.56. The van der Waals surface area contributed by atoms with Crippen molar-refractivity contribution < 1.29 is 9.90 Å². The summed E-state index contributed by atoms with van der Waals surface area (Å²) in [5, 5.41) is 17.8. The van der Waals surface area contributed by atoms with Gasteiger partial charge in [0, 0.05) is 5.88 Å². The average Bonchev–Trinajstić information content (AvgIpc) is 2.26. The van der Waals surface area contributed by atoms with Gasteiger partial charge in [-0.3, -0.25) is 0 Å². The van der Waals surface area contributed by atoms with Crippen molar-refractivity contribution in [2.24, 2.45) is 0 Å². The number of carbonyl (C=O) groups is 1. The van der Waals surface area contributed by atoms with Gasteiger partial charge in [-0.25, -0.2) is 4.79 Å². The van der Waals surface area contributed by atoms with E-state index in [4.69, 9.17) is 22.0 Å². The minimum Gasteiger partial charge on any atom is -0.478 e. The highest BCUT2D eigenvalue weighted by Crippen LogP contribution is 2.21. The zero-order chi connectivity index (χ0) is 11.4. The number of halogens is 1. The van der Waals surface area contributed by atoms with Gasteiger partial charge in [0.25, 0.3) is 0 Å². The molecule has 0 saturated heterocycles. The van der Waals surface area contributed by atoms with Crippen molar-refractivity contribution in [1.29, 1.82) is 5.26 Å². The number of aromatic carboxylic acids is 1. The number of benzene rings is 1. The molecule has 1 aromatic rings. The van der Waals surface area contributed by atoms with Crippen LogP contribution < -0.4 is 0 Å². The van der Waals surface area contributed by atoms with Crippen molar-refractivity contribution >= 4 is 17.6 Å². The summed E-state index contributed by atoms with van der Waals surface area (Å²) in [6.45, 7) is 1.87. The lowest BCUT2D eigenvalue weighted by Gasteiger charge is -2.10. The van der Waals surface area contributed by atoms with E-state index in [1.165, 1.54) is 12.1 Å². The maximum atomic E-state index is 10.9. The zero-order valence-corrected chi connectivity index (χ0v) is 9.01. The van der Waals surface area contributed by atoms with Crippen molar-refractivity contribution in [1.82, 2.24) is 0 Å². The van der Waals surface area contributed by atoms with Crippen LogP contribution in [-0.4, -0.2) is 11.1 Å². The van der Waals surface area contributed by atoms with Crippen LogP contribution in [0.25, 0.3) is 0 Å². The molecule has 1 N–H and O–H groups in total. The van der Waals surface area contributed by atoms with E-state index < -0.39 is 5.97 Å². The molecule has 0 saturated carbocycles. The molecule has 1 aromatic carbocycles. The van der Waals surface area contributed by atoms with E-state index in [1.54, 1.807) is 0 Å². The molecule has 0 atom stereocenters. The second-order valence-corrected chi connectivity index (χ2v) is 3.29. The first-order valence-electron chi connectivity index (χ1n) is 4.49. The number of nitrogens with zero attached hydrogens (tertiary/aromatic N) is 1. The van der Waals surface area contributed by atoms with Crippen LogP contribution >= 0.6 is 11.6 Å². The Morgan fingerprint density at radius 1 is 1.53 bits per heavy atom. The maximum absolute atomic E-state index is 10.9. The topological polar surface area (TPSA) is 61.1 Å². The summed E-state index contributed by atoms with van der Waals surface area (Å²) < 4.78 is 0. The van der Waals surface area contributed by atoms with Gasteiger partial charge in [0.1, 0.15) is 0 Å². The van der Waals surface area contributed by atoms with Crippen LogP contribution in [0.5, 0.6) is 0 Å². The summed E-state index contributed by atoms with van der Waals surface area (Å²) in [5.41, 5.74) is 1.96. The highest BCUT2D eigenvalue weighted by atomic mass is 35.5. The van der Waals surface area contributed by atoms with Crippen LogP contribution in [0, 0.1) is 11.3 Å². The zero-order valence-electron chi connectivity index (χ0n) is 8.25. The molecule has 0 amide bonds. The molecule has 0 bridgehead atoms. The van der Waals surface area contributed by atoms with Gasteiger partial charge in [-0.05, 0) is 29.7 Å². The summed E-state index contributed by atoms with van der Waals surface area (Å²) in [7, 11) is 0. The molecule has 0 aliphatic carbocycles. The lowest BCUT2D eigenvalue weighted by Crippen LogP contribution is -2.06. The Balaban J connectivity index is 3.49. The predicted molar refractivity (Wildman–Crippen MR) is 57.1 cm³/mol. The molecule has 0 aliphatic rings. The second-order valence-electron chi connectivity index (χ2n) is 3.02. The van der Waals surface area contributed by atoms with Gasteiger partial charge in [0.05, 0.1) is 17.2 Å². The molecule has 0 radical (unpaired) electrons. The first-order valence-corrected chi connectivity index (χ1v) is 5.03. The molecule has 4 heteroatoms. The number of hydrogen-bond acceptors (Lipinski definition) is 2. The number of rotatable bonds is 3. The Kier molecular flexibility index (Phi) is 3.70. The number of carboxylic acids is 1. The van der Waals surface area contributed by atoms with E-state index in [-0.39, 0.29) is 11.4 Å². The fourth-order valence-corrected chi connectivity index (χ4v) is 1.86. The van der Waals surface area contributed by atoms with Crippen LogP contribution in [-0.2, 0) is 12.3 Å². The van der Waals surface area contributed by atoms with E-state index in [0.29, 0.717) is 17.5 Å². The van der Waals surface area contributed by atoms with Crippen LogP contribution in [0.3, 0.4) is 0 Å². The molecule has 0 unspecified atom stereocenters. The van der Waals surface area contributed by atoms with Crippen molar-refractivity contribution in [3.05, 3.63) is 34.4 Å². The third kappa shape index (κ3) is 2.11. The molecule has 0 aromatic heterocycles. The van der Waals surface area contributed by atoms with Crippen LogP contribution in [0.15, 0.2) is 12.1 Å². The van der Waals surface area contributed by atoms with Crippen LogP contribution in [0.1, 0.15) is 34.0 Å². The molecule has 0 aliphatic heterocycles. The Morgan fingerprint density at radius 2 is 2.20 bits per heavy atom. The number of carboxylic acid groups (broad SMARTS) is 1. The third-order valence-corrected chi connectivity index (χ3v) is 2.54. The quantitative estimate of drug-likeness (QED) is 0.801. The van der Waals surface area contributed by atoms with Crippen molar-refractivity contribution in [2.75, 3.05) is 0 Å². The largest absolute Gasteiger partial charge is 0.478 e. The fourth-order valence-electron chi connectivity index (χ4n) is 1.55. The molecular formula is C11H10ClNO2. The number of alkyl halides is 1. The van der Waals surface area contributed by atoms with Gasteiger partial charge >= 0.3 is 5.97 Å². The number of hydrogen-bond donors (Lipinski definition) is 1. The van der Waals surface area contributed by atoms with Gasteiger partial charge in [0.2, 0.25) is 0 Å². The molecule has 78 valence electrons. The highest BCUT2D eigenvalue weighted by Gasteiger charge is 2.15. The summed E-state index contributed by atoms with van der Waals surface area (Å²) in [5.74, 6) is -0.898. The van der Waals surface area contributed by atoms with E-state index >= 15 is 0 Å². The van der Waals surface area contributed by atoms with E-state index in [1.807, 2.05) is 13.0 Å². The minimum absolute atomic E-state index is 0.111. The molecule has 0 spiro atoms. The van der Waals surface area contributed by atoms with Crippen LogP contribution in [0.4, 0.5) is 0 Å². The Labute approximate surface area is 92.9 Å². The SMILES string of the molecule is CCc1c(C#N)ccc(C(=O)O)c1CCl. The van der Waals surface area contributed by atoms with Gasteiger partial charge in [-0.2, -0.15) is 5.26 Å². The molecule has 1 rings (SSSR count). The third-order valence-electron chi connectivity index (χ3n) is 2.27. The summed E-state index contributed by atoms with van der Waals surface area (Å²) in [6.07, 6.45) is 0.603. The molecular weight excluding hydrogens is 214 g/mol. The Morgan fingerprint density at radius 3 is 2.60 bits per heavy atom. The van der Waals surface area contributed by atoms with Gasteiger partial charge in [-0.15, -0.1) is 11.6 Å². The van der Waals surface area contributed by atoms with Gasteiger partial charge in [0.15, 0.2) is 0 Å². The maximum Gasteiger partial charge on any atom is 0.336 e. The van der Waals surface area contributed by atoms with Crippen molar-refractivity contribution in [3.63, 3.8) is 0 Å². The molecule has 0 heterocycles. The van der Waals surface area contributed by atoms with Gasteiger partial charge < -0.3 is 5.11 Å². The molecule has 0 fully saturated rings. The second kappa shape index (κ2) is 4.81. The molecule has 15 heavy (non-hydrogen) atoms. The van der Waals surface area contributed by atoms with Crippen LogP contribution in [0.2, 0.25) is 0 Å². The van der Waals surface area contributed by atoms with Crippen molar-refractivity contribution in [2.45, 2.75) is 19.2 Å². The minimum atomic E-state index is -1.01. The monoisotopic (exact) mass is 223 g/mol. The van der Waals surface area contributed by atoms with E-state index in [0.717, 1.165) is 5.56 Å². The fraction of sp³-hybridized carbons (Fsp3) is 0.273. The van der Waals surface area contributed by atoms with E-state index in [2.05, 4.69) is 0 Å². The first kappa shape index (κ1) is 11.5. The summed E-state index contributed by atoms with van der Waals surface area (Å²) in [4.78, 5) is 10.9. The summed E-state index contributed by atoms with van der Waals surface area (Å²) in [6, 6.07) is 4.99. The first-order chi connectivity index (χ1) is 7.15. The number of nitriles is 1. The highest BCUT2D eigenvalue weighted by molar-refractivity contribution is 6.17. The lowest BCUT2D eigenvalue weighted by molar-refractivity contribution is 0.0696. The normalized spacial score (nSPS) is 9.67. The van der Waals surface area contributed by atoms with Crippen molar-refractivity contribution in [3.8, 4) is 6.07 Å². The van der Waals surface area contributed by atoms with Gasteiger partial charge in [-0.1, -0.05) is 6.92 Å². The molecule has 3 nitrogen and oxygen atoms in total. The Bertz CT molecular complexity index is 435. The lowest BCUT2D eigenvalue weighted by atomic mass is 9.95. The standard InChI is InChI=1S/C11H10ClNO2/c1-2-8-7(6-13)3-4-9(11(14)15)10(8)5-12/h3-4H,2,5H2,1H3,(H,14,15). The van der Waals surface area contributed by atoms with E-state index in [9.17, 15) is 4.79 Å². The Hall–Kier alpha value is -1.53.